The molecule has 0 bridgehead atoms. The van der Waals surface area contributed by atoms with E-state index in [1.165, 1.54) is 5.30 Å². The van der Waals surface area contributed by atoms with Gasteiger partial charge in [0.15, 0.2) is 0 Å². The zero-order valence-electron chi connectivity index (χ0n) is 36.5. The van der Waals surface area contributed by atoms with Crippen LogP contribution in [0.25, 0.3) is 33.4 Å². The Bertz CT molecular complexity index is 3280. The van der Waals surface area contributed by atoms with Crippen molar-refractivity contribution < 1.29 is 4.57 Å². The third-order valence-corrected chi connectivity index (χ3v) is 17.8. The van der Waals surface area contributed by atoms with E-state index in [9.17, 15) is 0 Å². The molecule has 0 saturated heterocycles. The fraction of sp³-hybridized carbons (Fsp3) is 0. The van der Waals surface area contributed by atoms with Gasteiger partial charge >= 0.3 is 7.44 Å². The van der Waals surface area contributed by atoms with Crippen molar-refractivity contribution in [2.24, 2.45) is 0 Å². The van der Waals surface area contributed by atoms with Crippen molar-refractivity contribution in [2.45, 2.75) is 0 Å². The van der Waals surface area contributed by atoms with Gasteiger partial charge in [-0.3, -0.25) is 23.2 Å². The van der Waals surface area contributed by atoms with Gasteiger partial charge < -0.3 is 0 Å². The maximum atomic E-state index is 17.2. The SMILES string of the molecule is O=P1(c2cc(-c3ccccc3)cc(-c3cc(-c4ccccc4)cc(P4N(c5ccccc5)c5ccccc5N4c4ccccc4)c3)c2)N(c2ccccc2)c2ccccc2N1c1ccccc1. The van der Waals surface area contributed by atoms with Crippen molar-refractivity contribution in [3.05, 3.63) is 267 Å². The molecule has 0 spiro atoms. The van der Waals surface area contributed by atoms with Crippen molar-refractivity contribution in [3.8, 4) is 33.4 Å². The quantitative estimate of drug-likeness (QED) is 0.135. The molecule has 0 unspecified atom stereocenters. The minimum atomic E-state index is -3.75. The summed E-state index contributed by atoms with van der Waals surface area (Å²) in [5.41, 5.74) is 14.4. The highest BCUT2D eigenvalue weighted by Gasteiger charge is 2.49. The molecule has 0 N–H and O–H groups in total. The molecule has 0 fully saturated rings. The Morgan fingerprint density at radius 1 is 0.284 bits per heavy atom. The molecular weight excluding hydrogens is 855 g/mol. The second-order valence-electron chi connectivity index (χ2n) is 16.7. The Morgan fingerprint density at radius 3 is 0.985 bits per heavy atom. The molecule has 0 amide bonds. The highest BCUT2D eigenvalue weighted by molar-refractivity contribution is 7.76. The molecule has 0 radical (unpaired) electrons. The fourth-order valence-electron chi connectivity index (χ4n) is 9.58. The van der Waals surface area contributed by atoms with E-state index in [-0.39, 0.29) is 0 Å². The number of hydrogen-bond acceptors (Lipinski definition) is 3. The highest BCUT2D eigenvalue weighted by Crippen LogP contribution is 2.70. The van der Waals surface area contributed by atoms with Crippen molar-refractivity contribution in [2.75, 3.05) is 18.7 Å². The van der Waals surface area contributed by atoms with Crippen LogP contribution in [0.3, 0.4) is 0 Å². The van der Waals surface area contributed by atoms with E-state index in [1.54, 1.807) is 0 Å². The first-order valence-electron chi connectivity index (χ1n) is 22.6. The van der Waals surface area contributed by atoms with E-state index in [0.29, 0.717) is 0 Å². The zero-order valence-corrected chi connectivity index (χ0v) is 38.3. The van der Waals surface area contributed by atoms with E-state index >= 15 is 4.57 Å². The summed E-state index contributed by atoms with van der Waals surface area (Å²) in [5, 5.41) is 1.91. The average Bonchev–Trinajstić information content (AvgIpc) is 3.90. The van der Waals surface area contributed by atoms with Crippen LogP contribution in [0.2, 0.25) is 0 Å². The molecule has 0 aromatic heterocycles. The van der Waals surface area contributed by atoms with Gasteiger partial charge in [0.05, 0.1) is 28.1 Å². The smallest absolute Gasteiger partial charge is 0.297 e. The van der Waals surface area contributed by atoms with Gasteiger partial charge in [-0.15, -0.1) is 0 Å². The molecule has 67 heavy (non-hydrogen) atoms. The molecule has 2 aliphatic heterocycles. The topological polar surface area (TPSA) is 30.0 Å². The van der Waals surface area contributed by atoms with Crippen LogP contribution in [-0.2, 0) is 4.57 Å². The van der Waals surface area contributed by atoms with Crippen LogP contribution >= 0.6 is 15.7 Å². The lowest BCUT2D eigenvalue weighted by Crippen LogP contribution is -2.27. The summed E-state index contributed by atoms with van der Waals surface area (Å²) >= 11 is 0. The number of anilines is 8. The van der Waals surface area contributed by atoms with Gasteiger partial charge in [0, 0.05) is 28.1 Å². The Labute approximate surface area is 393 Å². The first-order chi connectivity index (χ1) is 33.1. The Morgan fingerprint density at radius 2 is 0.582 bits per heavy atom. The van der Waals surface area contributed by atoms with Crippen molar-refractivity contribution in [1.29, 1.82) is 0 Å². The van der Waals surface area contributed by atoms with Crippen LogP contribution in [0.4, 0.5) is 45.5 Å². The molecule has 320 valence electrons. The summed E-state index contributed by atoms with van der Waals surface area (Å²) in [6.07, 6.45) is 0. The third-order valence-electron chi connectivity index (χ3n) is 12.6. The van der Waals surface area contributed by atoms with Crippen LogP contribution < -0.4 is 29.3 Å². The Kier molecular flexibility index (Phi) is 10.4. The summed E-state index contributed by atoms with van der Waals surface area (Å²) in [6, 6.07) is 93.8. The lowest BCUT2D eigenvalue weighted by atomic mass is 9.96. The van der Waals surface area contributed by atoms with Crippen LogP contribution in [0.1, 0.15) is 0 Å². The summed E-state index contributed by atoms with van der Waals surface area (Å²) in [6.45, 7) is 0. The molecule has 0 aliphatic carbocycles. The average molecular weight is 899 g/mol. The van der Waals surface area contributed by atoms with Crippen LogP contribution in [-0.4, -0.2) is 0 Å². The minimum absolute atomic E-state index is 0.732. The number of para-hydroxylation sites is 8. The predicted molar refractivity (Wildman–Crippen MR) is 284 cm³/mol. The van der Waals surface area contributed by atoms with Crippen molar-refractivity contribution >= 4 is 71.8 Å². The number of rotatable bonds is 9. The predicted octanol–water partition coefficient (Wildman–Crippen LogP) is 16.4. The van der Waals surface area contributed by atoms with Gasteiger partial charge in [0.1, 0.15) is 8.22 Å². The number of fused-ring (bicyclic) bond motifs is 2. The molecule has 7 heteroatoms. The standard InChI is InChI=1S/C60H44N4OP2/c65-67(63(53-31-15-5-16-32-53)59-37-21-22-38-60(59)64(67)54-33-17-6-18-34-54)56-43-49(46-25-9-2-10-26-46)40-50(44-56)48-39-47(45-23-7-1-8-24-45)41-55(42-48)66-61(51-27-11-3-12-28-51)57-35-19-20-36-58(57)62(66)52-29-13-4-14-30-52/h1-44H. The van der Waals surface area contributed by atoms with E-state index in [1.807, 2.05) is 54.6 Å². The molecule has 2 aliphatic rings. The first-order valence-corrected chi connectivity index (χ1v) is 25.4. The summed E-state index contributed by atoms with van der Waals surface area (Å²) in [7, 11) is -5.00. The van der Waals surface area contributed by atoms with Gasteiger partial charge in [-0.2, -0.15) is 0 Å². The van der Waals surface area contributed by atoms with Gasteiger partial charge in [-0.05, 0) is 143 Å². The van der Waals surface area contributed by atoms with E-state index in [0.717, 1.165) is 84.2 Å². The lowest BCUT2D eigenvalue weighted by molar-refractivity contribution is 0.582. The third kappa shape index (κ3) is 7.12. The number of nitrogens with zero attached hydrogens (tertiary/aromatic N) is 4. The number of hydrogen-bond donors (Lipinski definition) is 0. The molecule has 5 nitrogen and oxygen atoms in total. The monoisotopic (exact) mass is 898 g/mol. The second kappa shape index (κ2) is 17.1. The fourth-order valence-corrected chi connectivity index (χ4v) is 15.3. The van der Waals surface area contributed by atoms with Crippen LogP contribution in [0, 0.1) is 0 Å². The molecular formula is C60H44N4OP2. The zero-order chi connectivity index (χ0) is 44.7. The molecule has 10 aromatic rings. The molecule has 10 aromatic carbocycles. The van der Waals surface area contributed by atoms with Gasteiger partial charge in [-0.1, -0.05) is 158 Å². The van der Waals surface area contributed by atoms with Crippen molar-refractivity contribution in [3.63, 3.8) is 0 Å². The van der Waals surface area contributed by atoms with E-state index < -0.39 is 15.7 Å². The van der Waals surface area contributed by atoms with Crippen molar-refractivity contribution in [1.82, 2.24) is 0 Å². The Hall–Kier alpha value is -7.94. The second-order valence-corrected chi connectivity index (χ2v) is 21.0. The van der Waals surface area contributed by atoms with E-state index in [4.69, 9.17) is 0 Å². The summed E-state index contributed by atoms with van der Waals surface area (Å²) < 4.78 is 26.5. The Balaban J connectivity index is 1.13. The van der Waals surface area contributed by atoms with E-state index in [2.05, 4.69) is 231 Å². The van der Waals surface area contributed by atoms with Gasteiger partial charge in [0.2, 0.25) is 0 Å². The highest BCUT2D eigenvalue weighted by atomic mass is 31.2. The maximum absolute atomic E-state index is 17.2. The minimum Gasteiger partial charge on any atom is -0.297 e. The van der Waals surface area contributed by atoms with Gasteiger partial charge in [0.25, 0.3) is 0 Å². The maximum Gasteiger partial charge on any atom is 0.301 e. The summed E-state index contributed by atoms with van der Waals surface area (Å²) in [4.78, 5) is 0. The molecule has 2 heterocycles. The van der Waals surface area contributed by atoms with Crippen LogP contribution in [0.5, 0.6) is 0 Å². The lowest BCUT2D eigenvalue weighted by Gasteiger charge is -2.34. The molecule has 12 rings (SSSR count). The molecule has 0 saturated carbocycles. The largest absolute Gasteiger partial charge is 0.301 e. The van der Waals surface area contributed by atoms with Crippen LogP contribution in [0.15, 0.2) is 267 Å². The number of benzene rings is 10. The molecule has 0 atom stereocenters. The first kappa shape index (κ1) is 40.6. The van der Waals surface area contributed by atoms with Gasteiger partial charge in [-0.25, -0.2) is 0 Å². The normalized spacial score (nSPS) is 14.0. The summed E-state index contributed by atoms with van der Waals surface area (Å²) in [5.74, 6) is 0.